The molecule has 0 unspecified atom stereocenters. The molecule has 3 N–H and O–H groups in total. The van der Waals surface area contributed by atoms with Crippen LogP contribution in [0.4, 0.5) is 10.1 Å². The fourth-order valence-electron chi connectivity index (χ4n) is 2.22. The Balaban J connectivity index is 1.48. The third kappa shape index (κ3) is 3.75. The van der Waals surface area contributed by atoms with E-state index in [2.05, 4.69) is 16.2 Å². The summed E-state index contributed by atoms with van der Waals surface area (Å²) in [6, 6.07) is 13.2. The van der Waals surface area contributed by atoms with Gasteiger partial charge < -0.3 is 10.1 Å². The van der Waals surface area contributed by atoms with Gasteiger partial charge in [0, 0.05) is 12.1 Å². The predicted octanol–water partition coefficient (Wildman–Crippen LogP) is 2.15. The average Bonchev–Trinajstić information content (AvgIpc) is 2.99. The topological polar surface area (TPSA) is 62.4 Å². The first kappa shape index (κ1) is 15.2. The Bertz CT molecular complexity index is 711. The highest BCUT2D eigenvalue weighted by Gasteiger charge is 2.28. The van der Waals surface area contributed by atoms with Gasteiger partial charge >= 0.3 is 0 Å². The second-order valence-corrected chi connectivity index (χ2v) is 5.40. The zero-order chi connectivity index (χ0) is 16.2. The van der Waals surface area contributed by atoms with Crippen LogP contribution in [-0.2, 0) is 11.2 Å². The van der Waals surface area contributed by atoms with E-state index in [1.807, 2.05) is 24.3 Å². The van der Waals surface area contributed by atoms with E-state index >= 15 is 0 Å². The monoisotopic (exact) mass is 331 g/mol. The van der Waals surface area contributed by atoms with Gasteiger partial charge in [-0.15, -0.1) is 0 Å². The van der Waals surface area contributed by atoms with Crippen LogP contribution in [0.2, 0.25) is 0 Å². The van der Waals surface area contributed by atoms with Crippen LogP contribution in [0.3, 0.4) is 0 Å². The molecule has 0 spiro atoms. The highest BCUT2D eigenvalue weighted by Crippen LogP contribution is 2.27. The normalized spacial score (nSPS) is 15.3. The number of carbonyl (C=O) groups excluding carboxylic acids is 1. The van der Waals surface area contributed by atoms with Crippen molar-refractivity contribution in [2.24, 2.45) is 0 Å². The molecule has 2 aromatic carbocycles. The number of hydrazine groups is 1. The Morgan fingerprint density at radius 3 is 2.61 bits per heavy atom. The Morgan fingerprint density at radius 1 is 1.13 bits per heavy atom. The summed E-state index contributed by atoms with van der Waals surface area (Å²) in [5, 5.41) is 3.03. The van der Waals surface area contributed by atoms with Crippen LogP contribution in [0.15, 0.2) is 48.5 Å². The molecule has 118 valence electrons. The maximum absolute atomic E-state index is 12.8. The molecular formula is C16H14FN3O2S. The Labute approximate surface area is 137 Å². The van der Waals surface area contributed by atoms with E-state index in [-0.39, 0.29) is 16.8 Å². The number of amides is 1. The zero-order valence-electron chi connectivity index (χ0n) is 12.0. The summed E-state index contributed by atoms with van der Waals surface area (Å²) < 4.78 is 18.4. The first-order chi connectivity index (χ1) is 11.1. The Kier molecular flexibility index (Phi) is 4.38. The summed E-state index contributed by atoms with van der Waals surface area (Å²) in [5.74, 6) is 0.0739. The van der Waals surface area contributed by atoms with Gasteiger partial charge in [0.25, 0.3) is 5.91 Å². The van der Waals surface area contributed by atoms with Crippen LogP contribution in [0.1, 0.15) is 5.56 Å². The van der Waals surface area contributed by atoms with Gasteiger partial charge in [-0.25, -0.2) is 4.39 Å². The van der Waals surface area contributed by atoms with Crippen molar-refractivity contribution in [1.29, 1.82) is 0 Å². The molecule has 0 fully saturated rings. The molecule has 5 nitrogen and oxygen atoms in total. The largest absolute Gasteiger partial charge is 0.480 e. The maximum atomic E-state index is 12.8. The molecule has 23 heavy (non-hydrogen) atoms. The third-order valence-corrected chi connectivity index (χ3v) is 3.55. The van der Waals surface area contributed by atoms with E-state index in [0.29, 0.717) is 12.1 Å². The second-order valence-electron chi connectivity index (χ2n) is 4.99. The molecule has 0 saturated carbocycles. The minimum absolute atomic E-state index is 0.195. The lowest BCUT2D eigenvalue weighted by Crippen LogP contribution is -2.49. The van der Waals surface area contributed by atoms with Gasteiger partial charge in [-0.3, -0.25) is 15.6 Å². The van der Waals surface area contributed by atoms with Gasteiger partial charge in [-0.2, -0.15) is 0 Å². The molecule has 1 aliphatic heterocycles. The van der Waals surface area contributed by atoms with Gasteiger partial charge in [-0.05, 0) is 48.1 Å². The Morgan fingerprint density at radius 2 is 1.87 bits per heavy atom. The Hall–Kier alpha value is -2.67. The van der Waals surface area contributed by atoms with Crippen molar-refractivity contribution < 1.29 is 13.9 Å². The maximum Gasteiger partial charge on any atom is 0.279 e. The number of anilines is 1. The summed E-state index contributed by atoms with van der Waals surface area (Å²) in [7, 11) is 0. The molecule has 0 bridgehead atoms. The molecule has 0 aliphatic carbocycles. The number of ether oxygens (including phenoxy) is 1. The number of rotatable bonds is 2. The number of fused-ring (bicyclic) bond motifs is 1. The zero-order valence-corrected chi connectivity index (χ0v) is 12.8. The summed E-state index contributed by atoms with van der Waals surface area (Å²) in [6.45, 7) is 0. The number of para-hydroxylation sites is 1. The predicted molar refractivity (Wildman–Crippen MR) is 88.5 cm³/mol. The van der Waals surface area contributed by atoms with Gasteiger partial charge in [-0.1, -0.05) is 18.2 Å². The van der Waals surface area contributed by atoms with Crippen molar-refractivity contribution in [3.63, 3.8) is 0 Å². The van der Waals surface area contributed by atoms with Gasteiger partial charge in [0.1, 0.15) is 11.6 Å². The summed E-state index contributed by atoms with van der Waals surface area (Å²) >= 11 is 5.06. The van der Waals surface area contributed by atoms with Gasteiger partial charge in [0.05, 0.1) is 0 Å². The molecule has 1 heterocycles. The molecule has 1 amide bonds. The van der Waals surface area contributed by atoms with Crippen LogP contribution < -0.4 is 20.9 Å². The van der Waals surface area contributed by atoms with Crippen LogP contribution in [0, 0.1) is 5.82 Å². The smallest absolute Gasteiger partial charge is 0.279 e. The molecule has 0 saturated heterocycles. The minimum Gasteiger partial charge on any atom is -0.480 e. The summed E-state index contributed by atoms with van der Waals surface area (Å²) in [5.41, 5.74) is 6.71. The first-order valence-electron chi connectivity index (χ1n) is 6.99. The summed E-state index contributed by atoms with van der Waals surface area (Å²) in [4.78, 5) is 12.1. The molecule has 1 atom stereocenters. The van der Waals surface area contributed by atoms with E-state index in [1.165, 1.54) is 12.1 Å². The van der Waals surface area contributed by atoms with Crippen molar-refractivity contribution in [3.05, 3.63) is 59.9 Å². The van der Waals surface area contributed by atoms with Gasteiger partial charge in [0.15, 0.2) is 11.2 Å². The third-order valence-electron chi connectivity index (χ3n) is 3.34. The highest BCUT2D eigenvalue weighted by atomic mass is 32.1. The number of thiocarbonyl (C=S) groups is 1. The highest BCUT2D eigenvalue weighted by molar-refractivity contribution is 7.80. The lowest BCUT2D eigenvalue weighted by atomic mass is 10.1. The fourth-order valence-corrected chi connectivity index (χ4v) is 2.39. The van der Waals surface area contributed by atoms with E-state index in [4.69, 9.17) is 17.0 Å². The van der Waals surface area contributed by atoms with E-state index in [0.717, 1.165) is 11.3 Å². The fraction of sp³-hybridized carbons (Fsp3) is 0.125. The first-order valence-corrected chi connectivity index (χ1v) is 7.39. The van der Waals surface area contributed by atoms with Crippen LogP contribution in [-0.4, -0.2) is 17.1 Å². The molecular weight excluding hydrogens is 317 g/mol. The number of benzene rings is 2. The second kappa shape index (κ2) is 6.62. The molecule has 7 heteroatoms. The van der Waals surface area contributed by atoms with Gasteiger partial charge in [0.2, 0.25) is 0 Å². The molecule has 3 rings (SSSR count). The standard InChI is InChI=1S/C16H14FN3O2S/c17-11-5-7-12(8-6-11)18-16(23)20-19-15(21)14-9-10-3-1-2-4-13(10)22-14/h1-8,14H,9H2,(H,19,21)(H2,18,20,23)/t14-/m0/s1. The van der Waals surface area contributed by atoms with E-state index < -0.39 is 6.10 Å². The van der Waals surface area contributed by atoms with Crippen molar-refractivity contribution in [2.75, 3.05) is 5.32 Å². The average molecular weight is 331 g/mol. The number of hydrogen-bond acceptors (Lipinski definition) is 3. The van der Waals surface area contributed by atoms with Crippen molar-refractivity contribution >= 4 is 28.9 Å². The quantitative estimate of drug-likeness (QED) is 0.581. The van der Waals surface area contributed by atoms with Crippen LogP contribution >= 0.6 is 12.2 Å². The molecule has 0 aromatic heterocycles. The summed E-state index contributed by atoms with van der Waals surface area (Å²) in [6.07, 6.45) is -0.0736. The van der Waals surface area contributed by atoms with Crippen LogP contribution in [0.25, 0.3) is 0 Å². The van der Waals surface area contributed by atoms with Crippen LogP contribution in [0.5, 0.6) is 5.75 Å². The SMILES string of the molecule is O=C(NNC(=S)Nc1ccc(F)cc1)[C@@H]1Cc2ccccc2O1. The number of halogens is 1. The molecule has 1 aliphatic rings. The van der Waals surface area contributed by atoms with E-state index in [1.54, 1.807) is 12.1 Å². The lowest BCUT2D eigenvalue weighted by Gasteiger charge is -2.14. The molecule has 2 aromatic rings. The molecule has 0 radical (unpaired) electrons. The van der Waals surface area contributed by atoms with Crippen molar-refractivity contribution in [1.82, 2.24) is 10.9 Å². The van der Waals surface area contributed by atoms with Crippen molar-refractivity contribution in [3.8, 4) is 5.75 Å². The lowest BCUT2D eigenvalue weighted by molar-refractivity contribution is -0.127. The van der Waals surface area contributed by atoms with Crippen molar-refractivity contribution in [2.45, 2.75) is 12.5 Å². The number of hydrogen-bond donors (Lipinski definition) is 3. The number of nitrogens with one attached hydrogen (secondary N) is 3. The number of carbonyl (C=O) groups is 1. The minimum atomic E-state index is -0.589. The van der Waals surface area contributed by atoms with E-state index in [9.17, 15) is 9.18 Å².